The quantitative estimate of drug-likeness (QED) is 0.296. The molecule has 0 radical (unpaired) electrons. The molecule has 3 aromatic rings. The number of rotatable bonds is 7. The van der Waals surface area contributed by atoms with E-state index >= 15 is 0 Å². The molecule has 0 saturated carbocycles. The van der Waals surface area contributed by atoms with Crippen molar-refractivity contribution in [2.45, 2.75) is 40.3 Å². The zero-order chi connectivity index (χ0) is 27.7. The van der Waals surface area contributed by atoms with Gasteiger partial charge >= 0.3 is 0 Å². The van der Waals surface area contributed by atoms with Gasteiger partial charge in [-0.2, -0.15) is 0 Å². The Hall–Kier alpha value is -4.10. The Morgan fingerprint density at radius 3 is 2.74 bits per heavy atom. The van der Waals surface area contributed by atoms with Crippen LogP contribution in [0.1, 0.15) is 43.2 Å². The molecule has 0 saturated heterocycles. The highest BCUT2D eigenvalue weighted by Crippen LogP contribution is 2.45. The Balaban J connectivity index is 0.00000151. The zero-order valence-electron chi connectivity index (χ0n) is 23.1. The Morgan fingerprint density at radius 2 is 2.03 bits per heavy atom. The van der Waals surface area contributed by atoms with Crippen LogP contribution in [0.5, 0.6) is 5.75 Å². The zero-order valence-corrected chi connectivity index (χ0v) is 23.1. The summed E-state index contributed by atoms with van der Waals surface area (Å²) >= 11 is 0. The first-order valence-corrected chi connectivity index (χ1v) is 13.5. The number of aldehydes is 1. The van der Waals surface area contributed by atoms with E-state index in [0.717, 1.165) is 74.5 Å². The van der Waals surface area contributed by atoms with Gasteiger partial charge < -0.3 is 30.2 Å². The Labute approximate surface area is 230 Å². The topological polar surface area (TPSA) is 89.7 Å². The molecule has 7 heteroatoms. The molecular formula is C32H36N4O3. The minimum Gasteiger partial charge on any atom is -0.493 e. The highest BCUT2D eigenvalue weighted by molar-refractivity contribution is 5.91. The summed E-state index contributed by atoms with van der Waals surface area (Å²) in [6.45, 7) is 12.7. The molecule has 7 nitrogen and oxygen atoms in total. The van der Waals surface area contributed by atoms with E-state index in [1.807, 2.05) is 45.0 Å². The summed E-state index contributed by atoms with van der Waals surface area (Å²) in [6, 6.07) is 12.1. The molecule has 202 valence electrons. The maximum atomic E-state index is 11.8. The van der Waals surface area contributed by atoms with Crippen LogP contribution in [0.4, 0.5) is 11.4 Å². The predicted molar refractivity (Wildman–Crippen MR) is 157 cm³/mol. The predicted octanol–water partition coefficient (Wildman–Crippen LogP) is 5.85. The van der Waals surface area contributed by atoms with Crippen molar-refractivity contribution in [3.8, 4) is 5.75 Å². The molecule has 1 unspecified atom stereocenters. The lowest BCUT2D eigenvalue weighted by atomic mass is 9.91. The second-order valence-corrected chi connectivity index (χ2v) is 9.82. The summed E-state index contributed by atoms with van der Waals surface area (Å²) in [7, 11) is 1.66. The van der Waals surface area contributed by atoms with Crippen LogP contribution >= 0.6 is 0 Å². The number of pyridine rings is 1. The van der Waals surface area contributed by atoms with Crippen LogP contribution in [0.2, 0.25) is 0 Å². The molecule has 0 spiro atoms. The van der Waals surface area contributed by atoms with Crippen LogP contribution in [0, 0.1) is 5.92 Å². The van der Waals surface area contributed by atoms with Crippen LogP contribution in [0.15, 0.2) is 65.9 Å². The molecule has 3 aliphatic heterocycles. The number of nitrogen functional groups attached to an aromatic ring is 1. The number of benzene rings is 2. The van der Waals surface area contributed by atoms with Crippen molar-refractivity contribution in [2.24, 2.45) is 5.92 Å². The molecule has 2 aromatic carbocycles. The molecule has 1 atom stereocenters. The third-order valence-electron chi connectivity index (χ3n) is 7.54. The lowest BCUT2D eigenvalue weighted by Gasteiger charge is -2.31. The summed E-state index contributed by atoms with van der Waals surface area (Å²) in [5.74, 6) is 0.668. The lowest BCUT2D eigenvalue weighted by molar-refractivity contribution is -0.109. The summed E-state index contributed by atoms with van der Waals surface area (Å²) < 4.78 is 11.4. The smallest absolute Gasteiger partial charge is 0.127 e. The standard InChI is InChI=1S/C30H30N4O3.C2H6/c1-17(15-35)22-11-28-30-25(14-34(28)18(2)26(22)16-36-3)24(13-32-21-6-4-20(31)5-7-21)23-12-29-19(8-9-37-29)10-27(23)33-30;1-2/h4-7,10-12,15,17,32H,2,8-9,13-14,16,31H2,1,3H3;1-2H3. The number of hydrogen-bond donors (Lipinski definition) is 2. The molecule has 0 bridgehead atoms. The molecule has 39 heavy (non-hydrogen) atoms. The minimum atomic E-state index is -0.270. The van der Waals surface area contributed by atoms with E-state index in [-0.39, 0.29) is 5.92 Å². The summed E-state index contributed by atoms with van der Waals surface area (Å²) in [5, 5.41) is 4.66. The maximum Gasteiger partial charge on any atom is 0.127 e. The Bertz CT molecular complexity index is 1500. The van der Waals surface area contributed by atoms with Crippen molar-refractivity contribution in [3.05, 3.63) is 88.3 Å². The first-order valence-electron chi connectivity index (χ1n) is 13.5. The van der Waals surface area contributed by atoms with Gasteiger partial charge in [-0.25, -0.2) is 4.98 Å². The monoisotopic (exact) mass is 524 g/mol. The SMILES string of the molecule is C=C1C(COC)=C(C(C)C=O)C=C2c3nc4cc5c(cc4c(CNc4ccc(N)cc4)c3CN12)OCC5.CC. The number of ether oxygens (including phenoxy) is 2. The largest absolute Gasteiger partial charge is 0.493 e. The second kappa shape index (κ2) is 10.9. The average Bonchev–Trinajstić information content (AvgIpc) is 3.57. The van der Waals surface area contributed by atoms with E-state index in [4.69, 9.17) is 20.2 Å². The van der Waals surface area contributed by atoms with Crippen molar-refractivity contribution < 1.29 is 14.3 Å². The van der Waals surface area contributed by atoms with Crippen LogP contribution in [0.25, 0.3) is 16.6 Å². The number of allylic oxidation sites excluding steroid dienone is 2. The first-order chi connectivity index (χ1) is 19.0. The highest BCUT2D eigenvalue weighted by Gasteiger charge is 2.36. The average molecular weight is 525 g/mol. The Morgan fingerprint density at radius 1 is 1.26 bits per heavy atom. The van der Waals surface area contributed by atoms with Crippen LogP contribution < -0.4 is 15.8 Å². The number of carbonyl (C=O) groups excluding carboxylic acids is 1. The number of nitrogens with zero attached hydrogens (tertiary/aromatic N) is 2. The molecule has 3 aliphatic rings. The highest BCUT2D eigenvalue weighted by atomic mass is 16.5. The fraction of sp³-hybridized carbons (Fsp3) is 0.312. The second-order valence-electron chi connectivity index (χ2n) is 9.82. The van der Waals surface area contributed by atoms with Crippen molar-refractivity contribution in [3.63, 3.8) is 0 Å². The number of methoxy groups -OCH3 is 1. The summed E-state index contributed by atoms with van der Waals surface area (Å²) in [4.78, 5) is 19.2. The van der Waals surface area contributed by atoms with Gasteiger partial charge in [0.05, 0.1) is 36.7 Å². The number of aromatic nitrogens is 1. The van der Waals surface area contributed by atoms with Crippen molar-refractivity contribution >= 4 is 34.3 Å². The number of anilines is 2. The molecule has 1 aromatic heterocycles. The minimum absolute atomic E-state index is 0.270. The van der Waals surface area contributed by atoms with Gasteiger partial charge in [-0.05, 0) is 59.2 Å². The number of nitrogens with one attached hydrogen (secondary N) is 1. The fourth-order valence-electron chi connectivity index (χ4n) is 5.53. The fourth-order valence-corrected chi connectivity index (χ4v) is 5.53. The molecule has 6 rings (SSSR count). The number of nitrogens with two attached hydrogens (primary N) is 1. The van der Waals surface area contributed by atoms with E-state index in [1.54, 1.807) is 7.11 Å². The third-order valence-corrected chi connectivity index (χ3v) is 7.54. The van der Waals surface area contributed by atoms with E-state index in [1.165, 1.54) is 11.1 Å². The molecule has 0 aliphatic carbocycles. The van der Waals surface area contributed by atoms with Gasteiger partial charge in [0, 0.05) is 59.6 Å². The molecule has 0 fully saturated rings. The number of carbonyl (C=O) groups is 1. The number of hydrogen-bond acceptors (Lipinski definition) is 7. The van der Waals surface area contributed by atoms with Crippen molar-refractivity contribution in [1.29, 1.82) is 0 Å². The maximum absolute atomic E-state index is 11.8. The van der Waals surface area contributed by atoms with Crippen LogP contribution in [-0.2, 0) is 29.0 Å². The van der Waals surface area contributed by atoms with E-state index in [9.17, 15) is 4.79 Å². The van der Waals surface area contributed by atoms with Crippen LogP contribution in [-0.4, -0.2) is 36.5 Å². The summed E-state index contributed by atoms with van der Waals surface area (Å²) in [5.41, 5.74) is 16.7. The van der Waals surface area contributed by atoms with Gasteiger partial charge in [-0.3, -0.25) is 0 Å². The molecule has 0 amide bonds. The van der Waals surface area contributed by atoms with Crippen molar-refractivity contribution in [2.75, 3.05) is 31.4 Å². The van der Waals surface area contributed by atoms with E-state index in [2.05, 4.69) is 35.0 Å². The van der Waals surface area contributed by atoms with Gasteiger partial charge in [0.15, 0.2) is 0 Å². The van der Waals surface area contributed by atoms with Crippen LogP contribution in [0.3, 0.4) is 0 Å². The van der Waals surface area contributed by atoms with Gasteiger partial charge in [0.25, 0.3) is 0 Å². The van der Waals surface area contributed by atoms with Gasteiger partial charge in [0.1, 0.15) is 12.0 Å². The Kier molecular flexibility index (Phi) is 7.44. The number of fused-ring (bicyclic) bond motifs is 5. The molecule has 3 N–H and O–H groups in total. The third kappa shape index (κ3) is 4.68. The van der Waals surface area contributed by atoms with Crippen molar-refractivity contribution in [1.82, 2.24) is 9.88 Å². The van der Waals surface area contributed by atoms with E-state index < -0.39 is 0 Å². The van der Waals surface area contributed by atoms with E-state index in [0.29, 0.717) is 26.3 Å². The van der Waals surface area contributed by atoms with Gasteiger partial charge in [-0.1, -0.05) is 27.4 Å². The van der Waals surface area contributed by atoms with Gasteiger partial charge in [-0.15, -0.1) is 0 Å². The first kappa shape index (κ1) is 26.5. The summed E-state index contributed by atoms with van der Waals surface area (Å²) in [6.07, 6.45) is 3.96. The molecule has 4 heterocycles. The molecular weight excluding hydrogens is 488 g/mol. The van der Waals surface area contributed by atoms with Gasteiger partial charge in [0.2, 0.25) is 0 Å². The lowest BCUT2D eigenvalue weighted by Crippen LogP contribution is -2.24. The normalized spacial score (nSPS) is 16.1.